The van der Waals surface area contributed by atoms with Crippen LogP contribution in [0.4, 0.5) is 5.69 Å². The van der Waals surface area contributed by atoms with Crippen LogP contribution in [0.1, 0.15) is 34.8 Å². The van der Waals surface area contributed by atoms with Gasteiger partial charge in [0.1, 0.15) is 11.8 Å². The Morgan fingerprint density at radius 2 is 1.81 bits per heavy atom. The Morgan fingerprint density at radius 1 is 1.03 bits per heavy atom. The molecular weight excluding hydrogens is 460 g/mol. The maximum Gasteiger partial charge on any atom is 0.257 e. The molecule has 1 atom stereocenters. The molecule has 1 fully saturated rings. The predicted octanol–water partition coefficient (Wildman–Crippen LogP) is 4.10. The number of amides is 3. The second kappa shape index (κ2) is 9.73. The number of hydrogen-bond donors (Lipinski definition) is 0. The van der Waals surface area contributed by atoms with E-state index in [1.807, 2.05) is 26.0 Å². The molecule has 0 N–H and O–H groups in total. The van der Waals surface area contributed by atoms with Crippen molar-refractivity contribution in [2.75, 3.05) is 18.3 Å². The Kier molecular flexibility index (Phi) is 6.33. The van der Waals surface area contributed by atoms with Crippen LogP contribution < -0.4 is 19.1 Å². The maximum absolute atomic E-state index is 13.7. The van der Waals surface area contributed by atoms with Gasteiger partial charge in [-0.2, -0.15) is 0 Å². The molecule has 0 spiro atoms. The molecule has 184 valence electrons. The summed E-state index contributed by atoms with van der Waals surface area (Å²) in [5, 5.41) is 0. The van der Waals surface area contributed by atoms with Crippen molar-refractivity contribution >= 4 is 23.4 Å². The Morgan fingerprint density at radius 3 is 2.56 bits per heavy atom. The third-order valence-corrected chi connectivity index (χ3v) is 6.22. The highest BCUT2D eigenvalue weighted by atomic mass is 16.7. The molecule has 3 amide bonds. The SMILES string of the molecule is CCOc1ccc(N2C(=O)CC(N(Cc3ccc4c(c3)OCO4)C(=O)c3cccc(C)c3)C2=O)cc1. The first-order valence-electron chi connectivity index (χ1n) is 11.8. The van der Waals surface area contributed by atoms with Gasteiger partial charge in [0.15, 0.2) is 11.5 Å². The molecule has 3 aromatic rings. The molecule has 2 aliphatic rings. The van der Waals surface area contributed by atoms with Crippen LogP contribution in [0, 0.1) is 6.92 Å². The zero-order valence-electron chi connectivity index (χ0n) is 20.1. The minimum atomic E-state index is -0.942. The van der Waals surface area contributed by atoms with Crippen molar-refractivity contribution in [2.24, 2.45) is 0 Å². The van der Waals surface area contributed by atoms with E-state index in [1.165, 1.54) is 4.90 Å². The molecule has 8 nitrogen and oxygen atoms in total. The number of imide groups is 1. The second-order valence-electron chi connectivity index (χ2n) is 8.70. The third-order valence-electron chi connectivity index (χ3n) is 6.22. The van der Waals surface area contributed by atoms with Crippen molar-refractivity contribution < 1.29 is 28.6 Å². The summed E-state index contributed by atoms with van der Waals surface area (Å²) < 4.78 is 16.3. The summed E-state index contributed by atoms with van der Waals surface area (Å²) in [6.07, 6.45) is -0.103. The van der Waals surface area contributed by atoms with E-state index in [2.05, 4.69) is 0 Å². The van der Waals surface area contributed by atoms with Crippen LogP contribution in [0.2, 0.25) is 0 Å². The molecule has 2 aliphatic heterocycles. The van der Waals surface area contributed by atoms with Crippen LogP contribution >= 0.6 is 0 Å². The van der Waals surface area contributed by atoms with Crippen molar-refractivity contribution in [2.45, 2.75) is 32.9 Å². The van der Waals surface area contributed by atoms with Gasteiger partial charge in [0.2, 0.25) is 12.7 Å². The highest BCUT2D eigenvalue weighted by Crippen LogP contribution is 2.34. The quantitative estimate of drug-likeness (QED) is 0.468. The van der Waals surface area contributed by atoms with Gasteiger partial charge in [-0.3, -0.25) is 14.4 Å². The average molecular weight is 487 g/mol. The topological polar surface area (TPSA) is 85.4 Å². The molecule has 0 radical (unpaired) electrons. The number of anilines is 1. The van der Waals surface area contributed by atoms with Gasteiger partial charge in [-0.1, -0.05) is 23.8 Å². The van der Waals surface area contributed by atoms with Gasteiger partial charge in [0.25, 0.3) is 11.8 Å². The number of benzene rings is 3. The minimum absolute atomic E-state index is 0.103. The smallest absolute Gasteiger partial charge is 0.257 e. The van der Waals surface area contributed by atoms with Crippen LogP contribution in [-0.4, -0.2) is 42.1 Å². The van der Waals surface area contributed by atoms with Crippen LogP contribution in [0.3, 0.4) is 0 Å². The zero-order chi connectivity index (χ0) is 25.2. The molecule has 0 aliphatic carbocycles. The van der Waals surface area contributed by atoms with Crippen LogP contribution in [-0.2, 0) is 16.1 Å². The number of hydrogen-bond acceptors (Lipinski definition) is 6. The van der Waals surface area contributed by atoms with Crippen molar-refractivity contribution in [3.05, 3.63) is 83.4 Å². The van der Waals surface area contributed by atoms with Crippen LogP contribution in [0.25, 0.3) is 0 Å². The third kappa shape index (κ3) is 4.49. The summed E-state index contributed by atoms with van der Waals surface area (Å²) in [5.74, 6) is 0.740. The molecule has 3 aromatic carbocycles. The fourth-order valence-electron chi connectivity index (χ4n) is 4.49. The Balaban J connectivity index is 1.46. The Labute approximate surface area is 209 Å². The summed E-state index contributed by atoms with van der Waals surface area (Å²) in [4.78, 5) is 42.9. The number of carbonyl (C=O) groups is 3. The highest BCUT2D eigenvalue weighted by Gasteiger charge is 2.44. The van der Waals surface area contributed by atoms with Crippen molar-refractivity contribution in [1.29, 1.82) is 0 Å². The molecule has 36 heavy (non-hydrogen) atoms. The molecule has 0 bridgehead atoms. The van der Waals surface area contributed by atoms with E-state index in [1.54, 1.807) is 54.6 Å². The lowest BCUT2D eigenvalue weighted by Crippen LogP contribution is -2.45. The number of nitrogens with zero attached hydrogens (tertiary/aromatic N) is 2. The van der Waals surface area contributed by atoms with E-state index in [0.29, 0.717) is 35.1 Å². The summed E-state index contributed by atoms with van der Waals surface area (Å²) in [5.41, 5.74) is 2.59. The van der Waals surface area contributed by atoms with Crippen molar-refractivity contribution in [3.63, 3.8) is 0 Å². The number of aryl methyl sites for hydroxylation is 1. The standard InChI is InChI=1S/C28H26N2O6/c1-3-34-22-10-8-21(9-11-22)30-26(31)15-23(28(30)33)29(27(32)20-6-4-5-18(2)13-20)16-19-7-12-24-25(14-19)36-17-35-24/h4-14,23H,3,15-17H2,1-2H3. The summed E-state index contributed by atoms with van der Waals surface area (Å²) in [6.45, 7) is 4.56. The maximum atomic E-state index is 13.7. The monoisotopic (exact) mass is 486 g/mol. The van der Waals surface area contributed by atoms with Gasteiger partial charge < -0.3 is 19.1 Å². The lowest BCUT2D eigenvalue weighted by molar-refractivity contribution is -0.122. The number of fused-ring (bicyclic) bond motifs is 1. The van der Waals surface area contributed by atoms with Gasteiger partial charge in [0, 0.05) is 12.1 Å². The zero-order valence-corrected chi connectivity index (χ0v) is 20.1. The molecule has 5 rings (SSSR count). The largest absolute Gasteiger partial charge is 0.494 e. The van der Waals surface area contributed by atoms with Crippen LogP contribution in [0.5, 0.6) is 17.2 Å². The molecule has 2 heterocycles. The van der Waals surface area contributed by atoms with E-state index in [9.17, 15) is 14.4 Å². The fraction of sp³-hybridized carbons (Fsp3) is 0.250. The average Bonchev–Trinajstić information content (AvgIpc) is 3.46. The molecule has 0 saturated carbocycles. The minimum Gasteiger partial charge on any atom is -0.494 e. The molecule has 8 heteroatoms. The van der Waals surface area contributed by atoms with E-state index in [0.717, 1.165) is 16.0 Å². The van der Waals surface area contributed by atoms with Crippen LogP contribution in [0.15, 0.2) is 66.7 Å². The van der Waals surface area contributed by atoms with E-state index in [4.69, 9.17) is 14.2 Å². The highest BCUT2D eigenvalue weighted by molar-refractivity contribution is 6.23. The van der Waals surface area contributed by atoms with E-state index in [-0.39, 0.29) is 31.6 Å². The number of ether oxygens (including phenoxy) is 3. The lowest BCUT2D eigenvalue weighted by Gasteiger charge is -2.28. The summed E-state index contributed by atoms with van der Waals surface area (Å²) in [6, 6.07) is 18.4. The second-order valence-corrected chi connectivity index (χ2v) is 8.70. The Hall–Kier alpha value is -4.33. The molecule has 0 aromatic heterocycles. The van der Waals surface area contributed by atoms with Gasteiger partial charge in [-0.05, 0) is 67.9 Å². The molecule has 1 saturated heterocycles. The van der Waals surface area contributed by atoms with Gasteiger partial charge in [0.05, 0.1) is 18.7 Å². The van der Waals surface area contributed by atoms with Crippen molar-refractivity contribution in [3.8, 4) is 17.2 Å². The first-order chi connectivity index (χ1) is 17.4. The lowest BCUT2D eigenvalue weighted by atomic mass is 10.1. The van der Waals surface area contributed by atoms with Crippen molar-refractivity contribution in [1.82, 2.24) is 4.90 Å². The van der Waals surface area contributed by atoms with Gasteiger partial charge in [-0.25, -0.2) is 4.90 Å². The number of rotatable bonds is 7. The van der Waals surface area contributed by atoms with Gasteiger partial charge >= 0.3 is 0 Å². The Bertz CT molecular complexity index is 1320. The summed E-state index contributed by atoms with van der Waals surface area (Å²) in [7, 11) is 0. The van der Waals surface area contributed by atoms with E-state index < -0.39 is 11.9 Å². The number of carbonyl (C=O) groups excluding carboxylic acids is 3. The molecular formula is C28H26N2O6. The predicted molar refractivity (Wildman–Crippen MR) is 132 cm³/mol. The first kappa shape index (κ1) is 23.4. The first-order valence-corrected chi connectivity index (χ1v) is 11.8. The summed E-state index contributed by atoms with van der Waals surface area (Å²) >= 11 is 0. The van der Waals surface area contributed by atoms with E-state index >= 15 is 0 Å². The fourth-order valence-corrected chi connectivity index (χ4v) is 4.49. The van der Waals surface area contributed by atoms with Gasteiger partial charge in [-0.15, -0.1) is 0 Å². The molecule has 1 unspecified atom stereocenters. The normalized spacial score (nSPS) is 16.4.